The van der Waals surface area contributed by atoms with Crippen LogP contribution in [0.5, 0.6) is 5.75 Å². The Balaban J connectivity index is 2.41. The molecule has 0 aliphatic carbocycles. The van der Waals surface area contributed by atoms with E-state index in [1.165, 1.54) is 0 Å². The summed E-state index contributed by atoms with van der Waals surface area (Å²) in [5.41, 5.74) is 1.12. The van der Waals surface area contributed by atoms with E-state index in [2.05, 4.69) is 11.9 Å². The summed E-state index contributed by atoms with van der Waals surface area (Å²) in [6.45, 7) is 4.81. The highest BCUT2D eigenvalue weighted by Gasteiger charge is 1.99. The van der Waals surface area contributed by atoms with Gasteiger partial charge in [0.1, 0.15) is 5.75 Å². The van der Waals surface area contributed by atoms with Crippen molar-refractivity contribution in [2.24, 2.45) is 0 Å². The molecule has 0 bridgehead atoms. The third-order valence-corrected chi connectivity index (χ3v) is 1.90. The predicted octanol–water partition coefficient (Wildman–Crippen LogP) is 1.43. The minimum atomic E-state index is -0.975. The van der Waals surface area contributed by atoms with Crippen molar-refractivity contribution in [1.29, 1.82) is 0 Å². The summed E-state index contributed by atoms with van der Waals surface area (Å²) in [6, 6.07) is 7.31. The molecule has 86 valence electrons. The quantitative estimate of drug-likeness (QED) is 0.540. The van der Waals surface area contributed by atoms with E-state index in [9.17, 15) is 4.79 Å². The van der Waals surface area contributed by atoms with Gasteiger partial charge in [0, 0.05) is 13.1 Å². The van der Waals surface area contributed by atoms with Gasteiger partial charge in [-0.3, -0.25) is 0 Å². The summed E-state index contributed by atoms with van der Waals surface area (Å²) in [6.07, 6.45) is 1.80. The van der Waals surface area contributed by atoms with Crippen LogP contribution in [0, 0.1) is 0 Å². The molecule has 1 aromatic carbocycles. The molecule has 0 saturated heterocycles. The van der Waals surface area contributed by atoms with E-state index in [1.807, 2.05) is 12.1 Å². The maximum atomic E-state index is 10.3. The Morgan fingerprint density at radius 2 is 2.12 bits per heavy atom. The fourth-order valence-electron chi connectivity index (χ4n) is 1.17. The maximum absolute atomic E-state index is 10.3. The molecule has 0 aliphatic heterocycles. The van der Waals surface area contributed by atoms with Gasteiger partial charge in [0.25, 0.3) is 0 Å². The van der Waals surface area contributed by atoms with Crippen LogP contribution in [0.3, 0.4) is 0 Å². The van der Waals surface area contributed by atoms with Crippen molar-refractivity contribution < 1.29 is 14.6 Å². The number of carboxylic acid groups (broad SMARTS) is 1. The van der Waals surface area contributed by atoms with Gasteiger partial charge in [-0.2, -0.15) is 0 Å². The van der Waals surface area contributed by atoms with Crippen molar-refractivity contribution in [3.63, 3.8) is 0 Å². The van der Waals surface area contributed by atoms with Crippen molar-refractivity contribution in [1.82, 2.24) is 5.32 Å². The molecule has 0 atom stereocenters. The molecular formula is C12H15NO3. The van der Waals surface area contributed by atoms with Crippen LogP contribution in [0.4, 0.5) is 0 Å². The molecule has 0 radical (unpaired) electrons. The highest BCUT2D eigenvalue weighted by Crippen LogP contribution is 2.11. The average molecular weight is 221 g/mol. The lowest BCUT2D eigenvalue weighted by molar-refractivity contribution is -0.139. The van der Waals surface area contributed by atoms with Crippen LogP contribution >= 0.6 is 0 Å². The Labute approximate surface area is 94.6 Å². The molecular weight excluding hydrogens is 206 g/mol. The second-order valence-corrected chi connectivity index (χ2v) is 3.25. The molecule has 0 aliphatic rings. The van der Waals surface area contributed by atoms with Gasteiger partial charge in [-0.05, 0) is 17.7 Å². The SMILES string of the molecule is C=CCNCc1ccc(OCC(=O)O)cc1. The van der Waals surface area contributed by atoms with Crippen LogP contribution in [0.1, 0.15) is 5.56 Å². The number of nitrogens with one attached hydrogen (secondary N) is 1. The molecule has 1 rings (SSSR count). The number of aliphatic carboxylic acids is 1. The van der Waals surface area contributed by atoms with E-state index >= 15 is 0 Å². The van der Waals surface area contributed by atoms with Gasteiger partial charge in [0.2, 0.25) is 0 Å². The fraction of sp³-hybridized carbons (Fsp3) is 0.250. The number of benzene rings is 1. The number of carboxylic acids is 1. The van der Waals surface area contributed by atoms with Gasteiger partial charge in [0.15, 0.2) is 6.61 Å². The molecule has 0 unspecified atom stereocenters. The lowest BCUT2D eigenvalue weighted by Gasteiger charge is -2.05. The molecule has 0 saturated carbocycles. The monoisotopic (exact) mass is 221 g/mol. The largest absolute Gasteiger partial charge is 0.482 e. The van der Waals surface area contributed by atoms with Gasteiger partial charge in [-0.1, -0.05) is 18.2 Å². The van der Waals surface area contributed by atoms with Gasteiger partial charge >= 0.3 is 5.97 Å². The molecule has 2 N–H and O–H groups in total. The lowest BCUT2D eigenvalue weighted by Crippen LogP contribution is -2.12. The van der Waals surface area contributed by atoms with Crippen LogP contribution in [0.2, 0.25) is 0 Å². The Kier molecular flexibility index (Phi) is 5.08. The Morgan fingerprint density at radius 1 is 1.44 bits per heavy atom. The first-order valence-electron chi connectivity index (χ1n) is 4.97. The zero-order valence-electron chi connectivity index (χ0n) is 8.98. The van der Waals surface area contributed by atoms with Crippen molar-refractivity contribution in [3.05, 3.63) is 42.5 Å². The first-order chi connectivity index (χ1) is 7.72. The first kappa shape index (κ1) is 12.3. The van der Waals surface area contributed by atoms with Gasteiger partial charge in [-0.25, -0.2) is 4.79 Å². The van der Waals surface area contributed by atoms with E-state index in [1.54, 1.807) is 18.2 Å². The summed E-state index contributed by atoms with van der Waals surface area (Å²) in [7, 11) is 0. The minimum Gasteiger partial charge on any atom is -0.482 e. The fourth-order valence-corrected chi connectivity index (χ4v) is 1.17. The van der Waals surface area contributed by atoms with E-state index < -0.39 is 5.97 Å². The summed E-state index contributed by atoms with van der Waals surface area (Å²) < 4.78 is 5.01. The highest BCUT2D eigenvalue weighted by atomic mass is 16.5. The van der Waals surface area contributed by atoms with E-state index in [0.717, 1.165) is 18.7 Å². The van der Waals surface area contributed by atoms with Crippen molar-refractivity contribution in [2.75, 3.05) is 13.2 Å². The summed E-state index contributed by atoms with van der Waals surface area (Å²) in [5.74, 6) is -0.411. The van der Waals surface area contributed by atoms with Gasteiger partial charge in [-0.15, -0.1) is 6.58 Å². The molecule has 0 fully saturated rings. The maximum Gasteiger partial charge on any atom is 0.341 e. The number of hydrogen-bond acceptors (Lipinski definition) is 3. The van der Waals surface area contributed by atoms with Crippen LogP contribution in [-0.4, -0.2) is 24.2 Å². The highest BCUT2D eigenvalue weighted by molar-refractivity contribution is 5.68. The Hall–Kier alpha value is -1.81. The molecule has 0 spiro atoms. The third kappa shape index (κ3) is 4.61. The minimum absolute atomic E-state index is 0.311. The van der Waals surface area contributed by atoms with E-state index in [-0.39, 0.29) is 6.61 Å². The van der Waals surface area contributed by atoms with Crippen LogP contribution in [0.25, 0.3) is 0 Å². The number of hydrogen-bond donors (Lipinski definition) is 2. The second-order valence-electron chi connectivity index (χ2n) is 3.25. The molecule has 0 heterocycles. The van der Waals surface area contributed by atoms with Gasteiger partial charge < -0.3 is 15.2 Å². The molecule has 16 heavy (non-hydrogen) atoms. The van der Waals surface area contributed by atoms with Crippen molar-refractivity contribution in [2.45, 2.75) is 6.54 Å². The number of ether oxygens (including phenoxy) is 1. The Morgan fingerprint density at radius 3 is 2.69 bits per heavy atom. The van der Waals surface area contributed by atoms with E-state index in [0.29, 0.717) is 5.75 Å². The Bertz CT molecular complexity index is 346. The van der Waals surface area contributed by atoms with Gasteiger partial charge in [0.05, 0.1) is 0 Å². The molecule has 4 nitrogen and oxygen atoms in total. The zero-order valence-corrected chi connectivity index (χ0v) is 8.98. The number of carbonyl (C=O) groups is 1. The summed E-state index contributed by atoms with van der Waals surface area (Å²) in [5, 5.41) is 11.6. The van der Waals surface area contributed by atoms with Crippen molar-refractivity contribution in [3.8, 4) is 5.75 Å². The summed E-state index contributed by atoms with van der Waals surface area (Å²) >= 11 is 0. The summed E-state index contributed by atoms with van der Waals surface area (Å²) in [4.78, 5) is 10.3. The first-order valence-corrected chi connectivity index (χ1v) is 4.97. The zero-order chi connectivity index (χ0) is 11.8. The molecule has 4 heteroatoms. The average Bonchev–Trinajstić information content (AvgIpc) is 2.28. The van der Waals surface area contributed by atoms with Crippen LogP contribution < -0.4 is 10.1 Å². The molecule has 0 aromatic heterocycles. The van der Waals surface area contributed by atoms with Crippen molar-refractivity contribution >= 4 is 5.97 Å². The normalized spacial score (nSPS) is 9.75. The van der Waals surface area contributed by atoms with E-state index in [4.69, 9.17) is 9.84 Å². The van der Waals surface area contributed by atoms with Crippen LogP contribution in [0.15, 0.2) is 36.9 Å². The topological polar surface area (TPSA) is 58.6 Å². The standard InChI is InChI=1S/C12H15NO3/c1-2-7-13-8-10-3-5-11(6-4-10)16-9-12(14)15/h2-6,13H,1,7-9H2,(H,14,15). The number of rotatable bonds is 7. The molecule has 0 amide bonds. The smallest absolute Gasteiger partial charge is 0.341 e. The lowest BCUT2D eigenvalue weighted by atomic mass is 10.2. The molecule has 1 aromatic rings. The predicted molar refractivity (Wildman–Crippen MR) is 61.5 cm³/mol. The third-order valence-electron chi connectivity index (χ3n) is 1.90. The van der Waals surface area contributed by atoms with Crippen LogP contribution in [-0.2, 0) is 11.3 Å². The second kappa shape index (κ2) is 6.63.